The number of nitrogens with one attached hydrogen (secondary N) is 2. The number of aromatic nitrogens is 1. The van der Waals surface area contributed by atoms with Crippen molar-refractivity contribution in [3.63, 3.8) is 0 Å². The van der Waals surface area contributed by atoms with Crippen LogP contribution in [-0.2, 0) is 20.9 Å². The maximum atomic E-state index is 13.4. The highest BCUT2D eigenvalue weighted by Gasteiger charge is 2.33. The fraction of sp³-hybridized carbons (Fsp3) is 0.296. The second kappa shape index (κ2) is 11.5. The highest BCUT2D eigenvalue weighted by molar-refractivity contribution is 5.99. The van der Waals surface area contributed by atoms with E-state index in [-0.39, 0.29) is 11.8 Å². The van der Waals surface area contributed by atoms with Crippen molar-refractivity contribution in [3.8, 4) is 0 Å². The van der Waals surface area contributed by atoms with Gasteiger partial charge in [-0.25, -0.2) is 0 Å². The molecule has 4 rings (SSSR count). The van der Waals surface area contributed by atoms with Gasteiger partial charge in [0.2, 0.25) is 18.2 Å². The average Bonchev–Trinajstić information content (AvgIpc) is 3.21. The van der Waals surface area contributed by atoms with Crippen LogP contribution in [0.4, 0.5) is 11.5 Å². The minimum absolute atomic E-state index is 0.206. The number of carbonyl (C=O) groups is 3. The van der Waals surface area contributed by atoms with E-state index in [4.69, 9.17) is 11.5 Å². The monoisotopic (exact) mass is 488 g/mol. The van der Waals surface area contributed by atoms with Gasteiger partial charge in [-0.15, -0.1) is 0 Å². The minimum Gasteiger partial charge on any atom is -0.404 e. The molecule has 1 saturated heterocycles. The van der Waals surface area contributed by atoms with Gasteiger partial charge in [-0.05, 0) is 67.8 Å². The molecule has 2 aromatic carbocycles. The van der Waals surface area contributed by atoms with Crippen LogP contribution in [0.2, 0.25) is 0 Å². The van der Waals surface area contributed by atoms with Crippen molar-refractivity contribution < 1.29 is 14.4 Å². The topological polar surface area (TPSA) is 135 Å². The van der Waals surface area contributed by atoms with E-state index in [2.05, 4.69) is 10.6 Å². The van der Waals surface area contributed by atoms with E-state index in [0.717, 1.165) is 35.7 Å². The van der Waals surface area contributed by atoms with Crippen LogP contribution < -0.4 is 22.1 Å². The number of benzene rings is 2. The van der Waals surface area contributed by atoms with Crippen LogP contribution in [0.5, 0.6) is 0 Å². The third-order valence-electron chi connectivity index (χ3n) is 6.61. The molecule has 0 radical (unpaired) electrons. The summed E-state index contributed by atoms with van der Waals surface area (Å²) >= 11 is 0. The Hall–Kier alpha value is -4.11. The Bertz CT molecular complexity index is 1270. The summed E-state index contributed by atoms with van der Waals surface area (Å²) in [4.78, 5) is 38.5. The molecule has 36 heavy (non-hydrogen) atoms. The number of amides is 3. The van der Waals surface area contributed by atoms with Crippen molar-refractivity contribution in [1.29, 1.82) is 0 Å². The van der Waals surface area contributed by atoms with Crippen LogP contribution in [0.25, 0.3) is 10.9 Å². The number of rotatable bonds is 9. The first-order chi connectivity index (χ1) is 17.5. The second-order valence-corrected chi connectivity index (χ2v) is 9.04. The Morgan fingerprint density at radius 3 is 2.69 bits per heavy atom. The van der Waals surface area contributed by atoms with Gasteiger partial charge in [0.25, 0.3) is 0 Å². The smallest absolute Gasteiger partial charge is 0.249 e. The maximum Gasteiger partial charge on any atom is 0.249 e. The zero-order valence-corrected chi connectivity index (χ0v) is 20.1. The summed E-state index contributed by atoms with van der Waals surface area (Å²) in [5.41, 5.74) is 13.6. The van der Waals surface area contributed by atoms with Gasteiger partial charge >= 0.3 is 0 Å². The van der Waals surface area contributed by atoms with Gasteiger partial charge in [-0.3, -0.25) is 14.4 Å². The lowest BCUT2D eigenvalue weighted by molar-refractivity contribution is -0.132. The molecule has 1 aromatic heterocycles. The van der Waals surface area contributed by atoms with Gasteiger partial charge < -0.3 is 31.6 Å². The number of anilines is 2. The van der Waals surface area contributed by atoms with Gasteiger partial charge in [-0.2, -0.15) is 0 Å². The highest BCUT2D eigenvalue weighted by Crippen LogP contribution is 2.28. The molecule has 2 atom stereocenters. The van der Waals surface area contributed by atoms with Gasteiger partial charge in [0.1, 0.15) is 11.9 Å². The molecular weight excluding hydrogens is 456 g/mol. The van der Waals surface area contributed by atoms with Crippen molar-refractivity contribution in [3.05, 3.63) is 72.4 Å². The minimum atomic E-state index is -0.534. The summed E-state index contributed by atoms with van der Waals surface area (Å²) in [7, 11) is 0. The summed E-state index contributed by atoms with van der Waals surface area (Å²) in [5, 5.41) is 6.85. The van der Waals surface area contributed by atoms with Crippen molar-refractivity contribution in [2.24, 2.45) is 17.4 Å². The van der Waals surface area contributed by atoms with E-state index < -0.39 is 6.04 Å². The summed E-state index contributed by atoms with van der Waals surface area (Å²) in [5.74, 6) is 0.449. The van der Waals surface area contributed by atoms with E-state index in [1.165, 1.54) is 12.3 Å². The Morgan fingerprint density at radius 1 is 1.08 bits per heavy atom. The lowest BCUT2D eigenvalue weighted by atomic mass is 9.88. The van der Waals surface area contributed by atoms with Gasteiger partial charge in [0.15, 0.2) is 0 Å². The average molecular weight is 489 g/mol. The molecule has 3 aromatic rings. The molecule has 9 heteroatoms. The van der Waals surface area contributed by atoms with Crippen LogP contribution in [-0.4, -0.2) is 46.8 Å². The molecule has 1 aliphatic rings. The molecule has 1 aliphatic heterocycles. The first-order valence-electron chi connectivity index (χ1n) is 12.1. The number of hydrogen-bond acceptors (Lipinski definition) is 5. The molecule has 0 bridgehead atoms. The summed E-state index contributed by atoms with van der Waals surface area (Å²) < 4.78 is 2.03. The zero-order chi connectivity index (χ0) is 25.5. The van der Waals surface area contributed by atoms with Crippen molar-refractivity contribution in [2.75, 3.05) is 23.7 Å². The van der Waals surface area contributed by atoms with Crippen LogP contribution in [0.1, 0.15) is 24.8 Å². The summed E-state index contributed by atoms with van der Waals surface area (Å²) in [6.45, 7) is 1.58. The standard InChI is InChI=1S/C27H32N6O3/c28-11-8-19-10-13-32(18-34)24(15-19)27(36)31-25-16-21-5-1-2-7-23(21)33(25)17-20-4-3-6-22(14-20)30-26(35)9-12-29/h1-7,9,12,14,16,18-19,24H,8,10-11,13,15,17,28-29H2,(H,30,35)(H,31,36). The second-order valence-electron chi connectivity index (χ2n) is 9.04. The summed E-state index contributed by atoms with van der Waals surface area (Å²) in [6.07, 6.45) is 5.50. The first-order valence-corrected chi connectivity index (χ1v) is 12.1. The Morgan fingerprint density at radius 2 is 1.92 bits per heavy atom. The molecule has 188 valence electrons. The third kappa shape index (κ3) is 5.75. The Labute approximate surface area is 210 Å². The van der Waals surface area contributed by atoms with Crippen molar-refractivity contribution in [2.45, 2.75) is 31.8 Å². The number of likely N-dealkylation sites (tertiary alicyclic amines) is 1. The Kier molecular flexibility index (Phi) is 8.02. The van der Waals surface area contributed by atoms with E-state index in [9.17, 15) is 14.4 Å². The molecular formula is C27H32N6O3. The molecule has 2 heterocycles. The lowest BCUT2D eigenvalue weighted by Gasteiger charge is -2.36. The molecule has 2 unspecified atom stereocenters. The fourth-order valence-corrected chi connectivity index (χ4v) is 4.83. The van der Waals surface area contributed by atoms with E-state index in [1.54, 1.807) is 11.0 Å². The van der Waals surface area contributed by atoms with Crippen molar-refractivity contribution in [1.82, 2.24) is 9.47 Å². The number of piperidine rings is 1. The predicted octanol–water partition coefficient (Wildman–Crippen LogP) is 2.62. The number of nitrogens with two attached hydrogens (primary N) is 2. The van der Waals surface area contributed by atoms with E-state index >= 15 is 0 Å². The van der Waals surface area contributed by atoms with Gasteiger partial charge in [0.05, 0.1) is 5.52 Å². The number of para-hydroxylation sites is 1. The van der Waals surface area contributed by atoms with Crippen LogP contribution in [0.15, 0.2) is 66.9 Å². The fourth-order valence-electron chi connectivity index (χ4n) is 4.83. The van der Waals surface area contributed by atoms with Crippen LogP contribution >= 0.6 is 0 Å². The zero-order valence-electron chi connectivity index (χ0n) is 20.1. The molecule has 0 spiro atoms. The van der Waals surface area contributed by atoms with Gasteiger partial charge in [0, 0.05) is 30.2 Å². The first kappa shape index (κ1) is 25.0. The molecule has 0 aliphatic carbocycles. The third-order valence-corrected chi connectivity index (χ3v) is 6.61. The molecule has 6 N–H and O–H groups in total. The lowest BCUT2D eigenvalue weighted by Crippen LogP contribution is -2.49. The molecule has 3 amide bonds. The van der Waals surface area contributed by atoms with Gasteiger partial charge in [-0.1, -0.05) is 30.3 Å². The largest absolute Gasteiger partial charge is 0.404 e. The maximum absolute atomic E-state index is 13.4. The predicted molar refractivity (Wildman–Crippen MR) is 141 cm³/mol. The van der Waals surface area contributed by atoms with Crippen molar-refractivity contribution >= 4 is 40.6 Å². The van der Waals surface area contributed by atoms with E-state index in [0.29, 0.717) is 43.5 Å². The number of carbonyl (C=O) groups excluding carboxylic acids is 3. The number of hydrogen-bond donors (Lipinski definition) is 4. The molecule has 9 nitrogen and oxygen atoms in total. The molecule has 0 saturated carbocycles. The summed E-state index contributed by atoms with van der Waals surface area (Å²) in [6, 6.07) is 16.8. The number of fused-ring (bicyclic) bond motifs is 1. The number of nitrogens with zero attached hydrogens (tertiary/aromatic N) is 2. The highest BCUT2D eigenvalue weighted by atomic mass is 16.2. The van der Waals surface area contributed by atoms with Crippen LogP contribution in [0, 0.1) is 5.92 Å². The quantitative estimate of drug-likeness (QED) is 0.271. The molecule has 1 fully saturated rings. The SMILES string of the molecule is NC=CC(=O)Nc1cccc(Cn2c(NC(=O)C3CC(CCN)CCN3C=O)cc3ccccc32)c1. The van der Waals surface area contributed by atoms with E-state index in [1.807, 2.05) is 53.1 Å². The van der Waals surface area contributed by atoms with Crippen LogP contribution in [0.3, 0.4) is 0 Å². The normalized spacial score (nSPS) is 17.9. The Balaban J connectivity index is 1.60.